The van der Waals surface area contributed by atoms with Gasteiger partial charge in [0.05, 0.1) is 38.1 Å². The molecule has 3 saturated carbocycles. The van der Waals surface area contributed by atoms with Gasteiger partial charge in [0.25, 0.3) is 0 Å². The molecule has 58 heavy (non-hydrogen) atoms. The van der Waals surface area contributed by atoms with Gasteiger partial charge in [-0.3, -0.25) is 4.79 Å². The lowest BCUT2D eigenvalue weighted by molar-refractivity contribution is -0.367. The number of fused-ring (bicyclic) bond motifs is 6. The van der Waals surface area contributed by atoms with Crippen LogP contribution < -0.4 is 0 Å². The molecule has 5 fully saturated rings. The van der Waals surface area contributed by atoms with E-state index in [2.05, 4.69) is 46.8 Å². The van der Waals surface area contributed by atoms with Crippen molar-refractivity contribution in [2.75, 3.05) is 19.8 Å². The monoisotopic (exact) mass is 822 g/mol. The van der Waals surface area contributed by atoms with Crippen molar-refractivity contribution in [3.63, 3.8) is 0 Å². The minimum absolute atomic E-state index is 0.00423. The Morgan fingerprint density at radius 2 is 1.48 bits per heavy atom. The zero-order chi connectivity index (χ0) is 42.5. The fourth-order valence-corrected chi connectivity index (χ4v) is 13.4. The molecule has 8 N–H and O–H groups in total. The van der Waals surface area contributed by atoms with E-state index < -0.39 is 97.0 Å². The predicted molar refractivity (Wildman–Crippen MR) is 208 cm³/mol. The molecular formula is C44H70O14. The number of hydrogen-bond acceptors (Lipinski definition) is 14. The Labute approximate surface area is 342 Å². The molecule has 14 heteroatoms. The lowest BCUT2D eigenvalue weighted by Crippen LogP contribution is -2.67. The van der Waals surface area contributed by atoms with E-state index in [0.29, 0.717) is 12.8 Å². The average molecular weight is 823 g/mol. The Morgan fingerprint density at radius 1 is 0.810 bits per heavy atom. The number of aliphatic hydroxyl groups excluding tert-OH is 8. The van der Waals surface area contributed by atoms with Gasteiger partial charge in [-0.15, -0.1) is 0 Å². The summed E-state index contributed by atoms with van der Waals surface area (Å²) in [6, 6.07) is 0. The second kappa shape index (κ2) is 15.4. The lowest BCUT2D eigenvalue weighted by atomic mass is 9.35. The van der Waals surface area contributed by atoms with Crippen molar-refractivity contribution in [1.82, 2.24) is 0 Å². The summed E-state index contributed by atoms with van der Waals surface area (Å²) in [5.41, 5.74) is 0.384. The Balaban J connectivity index is 1.14. The first-order valence-corrected chi connectivity index (χ1v) is 21.5. The molecule has 0 bridgehead atoms. The summed E-state index contributed by atoms with van der Waals surface area (Å²) in [5.74, 6) is -0.661. The highest BCUT2D eigenvalue weighted by molar-refractivity contribution is 5.66. The van der Waals surface area contributed by atoms with Crippen LogP contribution in [-0.2, 0) is 28.5 Å². The molecule has 0 aromatic rings. The molecule has 2 aliphatic heterocycles. The minimum atomic E-state index is -1.73. The van der Waals surface area contributed by atoms with E-state index in [-0.39, 0.29) is 46.7 Å². The molecule has 14 nitrogen and oxygen atoms in total. The Kier molecular flexibility index (Phi) is 11.8. The van der Waals surface area contributed by atoms with Crippen molar-refractivity contribution >= 4 is 5.97 Å². The van der Waals surface area contributed by atoms with E-state index >= 15 is 0 Å². The SMILES string of the molecule is CC(=O)OC1C(O)C(CO)OC(OC2C(O)C(C)OC(OC3CCC4(C)C(CCC5(C)C4C=CC4=C6CC(C)(C)CCC6(CO)C(O)CC45C)C3(C)CO)C2O)C1O. The van der Waals surface area contributed by atoms with E-state index in [9.17, 15) is 45.6 Å². The standard InChI is InChI=1S/C44H70O14/c1-22-31(50)35(58-38-34(53)36(55-23(2)48)32(51)26(19-45)56-38)33(52)37(54-22)57-30-12-13-40(5)27(41(30,6)20-46)11-14-42(7)28(40)10-9-24-25-17-39(3,4)15-16-44(25,21-47)29(49)18-43(24,42)8/h9-10,22,26-38,45-47,49-53H,11-21H2,1-8H3. The third-order valence-corrected chi connectivity index (χ3v) is 17.1. The number of carbonyl (C=O) groups is 1. The smallest absolute Gasteiger partial charge is 0.303 e. The topological polar surface area (TPSA) is 225 Å². The Morgan fingerprint density at radius 3 is 2.12 bits per heavy atom. The molecule has 0 aromatic carbocycles. The second-order valence-corrected chi connectivity index (χ2v) is 20.9. The number of rotatable bonds is 8. The summed E-state index contributed by atoms with van der Waals surface area (Å²) in [7, 11) is 0. The van der Waals surface area contributed by atoms with E-state index in [0.717, 1.165) is 45.4 Å². The second-order valence-electron chi connectivity index (χ2n) is 20.9. The molecule has 19 atom stereocenters. The van der Waals surface area contributed by atoms with Crippen LogP contribution in [-0.4, -0.2) is 140 Å². The van der Waals surface area contributed by atoms with E-state index in [1.165, 1.54) is 11.1 Å². The molecule has 19 unspecified atom stereocenters. The predicted octanol–water partition coefficient (Wildman–Crippen LogP) is 2.25. The van der Waals surface area contributed by atoms with Gasteiger partial charge >= 0.3 is 5.97 Å². The number of allylic oxidation sites excluding steroid dienone is 3. The fourth-order valence-electron chi connectivity index (χ4n) is 13.4. The van der Waals surface area contributed by atoms with Gasteiger partial charge in [0.1, 0.15) is 36.6 Å². The van der Waals surface area contributed by atoms with Crippen molar-refractivity contribution in [1.29, 1.82) is 0 Å². The van der Waals surface area contributed by atoms with Gasteiger partial charge in [-0.1, -0.05) is 59.3 Å². The molecule has 2 saturated heterocycles. The largest absolute Gasteiger partial charge is 0.457 e. The molecule has 0 spiro atoms. The molecule has 5 aliphatic carbocycles. The van der Waals surface area contributed by atoms with E-state index in [1.54, 1.807) is 6.92 Å². The fraction of sp³-hybridized carbons (Fsp3) is 0.886. The van der Waals surface area contributed by atoms with Crippen LogP contribution in [0.3, 0.4) is 0 Å². The van der Waals surface area contributed by atoms with E-state index in [4.69, 9.17) is 23.7 Å². The third kappa shape index (κ3) is 6.61. The Hall–Kier alpha value is -1.53. The maximum absolute atomic E-state index is 12.0. The number of aliphatic hydroxyl groups is 8. The molecular weight excluding hydrogens is 752 g/mol. The number of hydrogen-bond donors (Lipinski definition) is 8. The molecule has 0 aromatic heterocycles. The van der Waals surface area contributed by atoms with Crippen LogP contribution in [0.1, 0.15) is 107 Å². The van der Waals surface area contributed by atoms with Gasteiger partial charge in [-0.2, -0.15) is 0 Å². The van der Waals surface area contributed by atoms with Crippen LogP contribution in [0.25, 0.3) is 0 Å². The molecule has 2 heterocycles. The van der Waals surface area contributed by atoms with Gasteiger partial charge in [0.2, 0.25) is 0 Å². The minimum Gasteiger partial charge on any atom is -0.457 e. The van der Waals surface area contributed by atoms with Crippen LogP contribution in [0.15, 0.2) is 23.3 Å². The van der Waals surface area contributed by atoms with Crippen LogP contribution in [0.2, 0.25) is 0 Å². The molecule has 0 amide bonds. The average Bonchev–Trinajstić information content (AvgIpc) is 3.16. The highest BCUT2D eigenvalue weighted by Gasteiger charge is 2.69. The van der Waals surface area contributed by atoms with Crippen molar-refractivity contribution in [2.24, 2.45) is 44.3 Å². The lowest BCUT2D eigenvalue weighted by Gasteiger charge is -2.70. The van der Waals surface area contributed by atoms with Crippen molar-refractivity contribution in [2.45, 2.75) is 180 Å². The molecule has 0 radical (unpaired) electrons. The quantitative estimate of drug-likeness (QED) is 0.130. The maximum Gasteiger partial charge on any atom is 0.303 e. The summed E-state index contributed by atoms with van der Waals surface area (Å²) in [5, 5.41) is 88.6. The summed E-state index contributed by atoms with van der Waals surface area (Å²) < 4.78 is 29.5. The number of carbonyl (C=O) groups excluding carboxylic acids is 1. The first-order chi connectivity index (χ1) is 27.1. The van der Waals surface area contributed by atoms with E-state index in [1.807, 2.05) is 6.92 Å². The molecule has 7 rings (SSSR count). The van der Waals surface area contributed by atoms with Gasteiger partial charge in [0, 0.05) is 23.2 Å². The van der Waals surface area contributed by atoms with Crippen LogP contribution >= 0.6 is 0 Å². The highest BCUT2D eigenvalue weighted by atomic mass is 16.7. The summed E-state index contributed by atoms with van der Waals surface area (Å²) in [6.45, 7) is 15.4. The number of esters is 1. The van der Waals surface area contributed by atoms with Crippen molar-refractivity contribution in [3.05, 3.63) is 23.3 Å². The van der Waals surface area contributed by atoms with Gasteiger partial charge in [-0.25, -0.2) is 0 Å². The van der Waals surface area contributed by atoms with Crippen LogP contribution in [0.4, 0.5) is 0 Å². The Bertz CT molecular complexity index is 1620. The van der Waals surface area contributed by atoms with Crippen LogP contribution in [0, 0.1) is 44.3 Å². The summed E-state index contributed by atoms with van der Waals surface area (Å²) in [6.07, 6.45) is -4.78. The molecule has 7 aliphatic rings. The first kappa shape index (κ1) is 44.5. The zero-order valence-corrected chi connectivity index (χ0v) is 35.5. The highest BCUT2D eigenvalue weighted by Crippen LogP contribution is 2.74. The normalized spacial score (nSPS) is 52.6. The summed E-state index contributed by atoms with van der Waals surface area (Å²) >= 11 is 0. The first-order valence-electron chi connectivity index (χ1n) is 21.5. The van der Waals surface area contributed by atoms with Crippen molar-refractivity contribution in [3.8, 4) is 0 Å². The third-order valence-electron chi connectivity index (χ3n) is 17.1. The summed E-state index contributed by atoms with van der Waals surface area (Å²) in [4.78, 5) is 11.8. The number of ether oxygens (including phenoxy) is 5. The van der Waals surface area contributed by atoms with Crippen LogP contribution in [0.5, 0.6) is 0 Å². The van der Waals surface area contributed by atoms with Crippen molar-refractivity contribution < 1.29 is 69.3 Å². The van der Waals surface area contributed by atoms with Gasteiger partial charge in [0.15, 0.2) is 18.7 Å². The maximum atomic E-state index is 12.0. The zero-order valence-electron chi connectivity index (χ0n) is 35.5. The molecule has 330 valence electrons. The van der Waals surface area contributed by atoms with Gasteiger partial charge < -0.3 is 64.5 Å². The van der Waals surface area contributed by atoms with Gasteiger partial charge in [-0.05, 0) is 91.9 Å².